The first-order chi connectivity index (χ1) is 9.74. The predicted molar refractivity (Wildman–Crippen MR) is 89.1 cm³/mol. The number of nitrogens with one attached hydrogen (secondary N) is 2. The minimum absolute atomic E-state index is 0.108. The number of benzene rings is 1. The smallest absolute Gasteiger partial charge is 0.240 e. The molecule has 0 amide bonds. The van der Waals surface area contributed by atoms with Crippen molar-refractivity contribution in [1.29, 1.82) is 0 Å². The summed E-state index contributed by atoms with van der Waals surface area (Å²) in [5, 5.41) is 3.41. The van der Waals surface area contributed by atoms with Crippen LogP contribution in [0.15, 0.2) is 29.2 Å². The monoisotopic (exact) mass is 312 g/mol. The van der Waals surface area contributed by atoms with Gasteiger partial charge in [0.05, 0.1) is 4.90 Å². The Labute approximate surface area is 129 Å². The standard InChI is InChI=1S/C16H28N2O2S/c1-6-13(4)11-14(5)17-15-7-9-16(10-8-15)21(19,20)18-12(2)3/h7-10,12-14,17-18H,6,11H2,1-5H3. The molecule has 0 aliphatic carbocycles. The van der Waals surface area contributed by atoms with Gasteiger partial charge in [0.2, 0.25) is 10.0 Å². The molecular weight excluding hydrogens is 284 g/mol. The average molecular weight is 312 g/mol. The van der Waals surface area contributed by atoms with Crippen LogP contribution in [-0.2, 0) is 10.0 Å². The van der Waals surface area contributed by atoms with Gasteiger partial charge in [-0.05, 0) is 57.4 Å². The fourth-order valence-electron chi connectivity index (χ4n) is 2.22. The second-order valence-electron chi connectivity index (χ2n) is 6.09. The number of hydrogen-bond donors (Lipinski definition) is 2. The molecule has 2 atom stereocenters. The fourth-order valence-corrected chi connectivity index (χ4v) is 3.47. The van der Waals surface area contributed by atoms with Gasteiger partial charge in [-0.1, -0.05) is 20.3 Å². The molecule has 0 aliphatic rings. The van der Waals surface area contributed by atoms with Crippen LogP contribution in [0.3, 0.4) is 0 Å². The number of rotatable bonds is 8. The third kappa shape index (κ3) is 6.06. The molecule has 0 saturated carbocycles. The molecule has 2 unspecified atom stereocenters. The first-order valence-electron chi connectivity index (χ1n) is 7.63. The maximum absolute atomic E-state index is 12.0. The SMILES string of the molecule is CCC(C)CC(C)Nc1ccc(S(=O)(=O)NC(C)C)cc1. The first-order valence-corrected chi connectivity index (χ1v) is 9.11. The molecule has 1 aromatic carbocycles. The highest BCUT2D eigenvalue weighted by atomic mass is 32.2. The largest absolute Gasteiger partial charge is 0.383 e. The van der Waals surface area contributed by atoms with Gasteiger partial charge in [-0.2, -0.15) is 0 Å². The minimum atomic E-state index is -3.41. The summed E-state index contributed by atoms with van der Waals surface area (Å²) in [6, 6.07) is 7.19. The lowest BCUT2D eigenvalue weighted by molar-refractivity contribution is 0.484. The van der Waals surface area contributed by atoms with Gasteiger partial charge in [0, 0.05) is 17.8 Å². The van der Waals surface area contributed by atoms with Gasteiger partial charge in [0.1, 0.15) is 0 Å². The van der Waals surface area contributed by atoms with E-state index in [1.807, 2.05) is 26.0 Å². The first kappa shape index (κ1) is 18.0. The summed E-state index contributed by atoms with van der Waals surface area (Å²) in [4.78, 5) is 0.302. The van der Waals surface area contributed by atoms with Gasteiger partial charge in [-0.15, -0.1) is 0 Å². The van der Waals surface area contributed by atoms with Crippen molar-refractivity contribution in [2.45, 2.75) is 64.4 Å². The van der Waals surface area contributed by atoms with E-state index in [-0.39, 0.29) is 6.04 Å². The van der Waals surface area contributed by atoms with Crippen molar-refractivity contribution in [2.24, 2.45) is 5.92 Å². The molecule has 0 bridgehead atoms. The van der Waals surface area contributed by atoms with E-state index < -0.39 is 10.0 Å². The average Bonchev–Trinajstić information content (AvgIpc) is 2.37. The van der Waals surface area contributed by atoms with E-state index in [1.165, 1.54) is 6.42 Å². The molecule has 120 valence electrons. The molecule has 5 heteroatoms. The van der Waals surface area contributed by atoms with Crippen molar-refractivity contribution in [3.8, 4) is 0 Å². The number of anilines is 1. The zero-order valence-corrected chi connectivity index (χ0v) is 14.5. The number of sulfonamides is 1. The van der Waals surface area contributed by atoms with E-state index >= 15 is 0 Å². The Morgan fingerprint density at radius 1 is 1.05 bits per heavy atom. The van der Waals surface area contributed by atoms with E-state index in [1.54, 1.807) is 12.1 Å². The molecule has 4 nitrogen and oxygen atoms in total. The summed E-state index contributed by atoms with van der Waals surface area (Å²) >= 11 is 0. The van der Waals surface area contributed by atoms with Crippen LogP contribution in [0.1, 0.15) is 47.5 Å². The second-order valence-corrected chi connectivity index (χ2v) is 7.81. The summed E-state index contributed by atoms with van der Waals surface area (Å²) in [5.74, 6) is 0.683. The molecule has 0 aromatic heterocycles. The highest BCUT2D eigenvalue weighted by Crippen LogP contribution is 2.17. The summed E-state index contributed by atoms with van der Waals surface area (Å²) in [5.41, 5.74) is 0.953. The van der Waals surface area contributed by atoms with Crippen LogP contribution >= 0.6 is 0 Å². The molecular formula is C16H28N2O2S. The van der Waals surface area contributed by atoms with Gasteiger partial charge >= 0.3 is 0 Å². The molecule has 0 saturated heterocycles. The molecule has 0 heterocycles. The van der Waals surface area contributed by atoms with Crippen LogP contribution < -0.4 is 10.0 Å². The summed E-state index contributed by atoms with van der Waals surface area (Å²) in [6.45, 7) is 10.2. The molecule has 0 radical (unpaired) electrons. The molecule has 2 N–H and O–H groups in total. The van der Waals surface area contributed by atoms with E-state index in [2.05, 4.69) is 30.8 Å². The van der Waals surface area contributed by atoms with Crippen LogP contribution in [0.4, 0.5) is 5.69 Å². The third-order valence-corrected chi connectivity index (χ3v) is 5.10. The van der Waals surface area contributed by atoms with Gasteiger partial charge in [0.15, 0.2) is 0 Å². The lowest BCUT2D eigenvalue weighted by Gasteiger charge is -2.19. The molecule has 1 aromatic rings. The lowest BCUT2D eigenvalue weighted by atomic mass is 10.0. The molecule has 0 aliphatic heterocycles. The van der Waals surface area contributed by atoms with Crippen LogP contribution in [0.5, 0.6) is 0 Å². The van der Waals surface area contributed by atoms with Crippen LogP contribution in [0, 0.1) is 5.92 Å². The Hall–Kier alpha value is -1.07. The summed E-state index contributed by atoms with van der Waals surface area (Å²) in [6.07, 6.45) is 2.27. The quantitative estimate of drug-likeness (QED) is 0.771. The molecule has 1 rings (SSSR count). The predicted octanol–water partition coefficient (Wildman–Crippen LogP) is 3.61. The summed E-state index contributed by atoms with van der Waals surface area (Å²) < 4.78 is 26.6. The van der Waals surface area contributed by atoms with Crippen LogP contribution in [0.25, 0.3) is 0 Å². The van der Waals surface area contributed by atoms with Crippen molar-refractivity contribution in [1.82, 2.24) is 4.72 Å². The Balaban J connectivity index is 2.70. The maximum atomic E-state index is 12.0. The lowest BCUT2D eigenvalue weighted by Crippen LogP contribution is -2.30. The zero-order chi connectivity index (χ0) is 16.0. The number of hydrogen-bond acceptors (Lipinski definition) is 3. The molecule has 0 fully saturated rings. The highest BCUT2D eigenvalue weighted by Gasteiger charge is 2.15. The van der Waals surface area contributed by atoms with Crippen molar-refractivity contribution < 1.29 is 8.42 Å². The molecule has 21 heavy (non-hydrogen) atoms. The van der Waals surface area contributed by atoms with Gasteiger partial charge < -0.3 is 5.32 Å². The second kappa shape index (κ2) is 7.80. The zero-order valence-electron chi connectivity index (χ0n) is 13.7. The van der Waals surface area contributed by atoms with Crippen LogP contribution in [-0.4, -0.2) is 20.5 Å². The van der Waals surface area contributed by atoms with Crippen molar-refractivity contribution in [3.05, 3.63) is 24.3 Å². The fraction of sp³-hybridized carbons (Fsp3) is 0.625. The Bertz CT molecular complexity index is 524. The van der Waals surface area contributed by atoms with E-state index in [0.29, 0.717) is 16.9 Å². The van der Waals surface area contributed by atoms with Crippen molar-refractivity contribution in [2.75, 3.05) is 5.32 Å². The topological polar surface area (TPSA) is 58.2 Å². The maximum Gasteiger partial charge on any atom is 0.240 e. The Morgan fingerprint density at radius 2 is 1.62 bits per heavy atom. The minimum Gasteiger partial charge on any atom is -0.383 e. The third-order valence-electron chi connectivity index (χ3n) is 3.42. The van der Waals surface area contributed by atoms with Crippen molar-refractivity contribution in [3.63, 3.8) is 0 Å². The Kier molecular flexibility index (Phi) is 6.68. The normalized spacial score (nSPS) is 15.0. The Morgan fingerprint density at radius 3 is 2.10 bits per heavy atom. The van der Waals surface area contributed by atoms with Crippen LogP contribution in [0.2, 0.25) is 0 Å². The van der Waals surface area contributed by atoms with Gasteiger partial charge in [0.25, 0.3) is 0 Å². The van der Waals surface area contributed by atoms with Crippen molar-refractivity contribution >= 4 is 15.7 Å². The van der Waals surface area contributed by atoms with Gasteiger partial charge in [-0.25, -0.2) is 13.1 Å². The molecule has 0 spiro atoms. The van der Waals surface area contributed by atoms with E-state index in [9.17, 15) is 8.42 Å². The van der Waals surface area contributed by atoms with Gasteiger partial charge in [-0.3, -0.25) is 0 Å². The summed E-state index contributed by atoms with van der Waals surface area (Å²) in [7, 11) is -3.41. The van der Waals surface area contributed by atoms with E-state index in [0.717, 1.165) is 12.1 Å². The highest BCUT2D eigenvalue weighted by molar-refractivity contribution is 7.89. The van der Waals surface area contributed by atoms with E-state index in [4.69, 9.17) is 0 Å².